The highest BCUT2D eigenvalue weighted by Gasteiger charge is 2.21. The van der Waals surface area contributed by atoms with Crippen LogP contribution in [0.5, 0.6) is 0 Å². The summed E-state index contributed by atoms with van der Waals surface area (Å²) in [6.45, 7) is 3.90. The molecule has 0 saturated carbocycles. The third-order valence-electron chi connectivity index (χ3n) is 2.80. The number of amides is 2. The number of carbonyl (C=O) groups excluding carboxylic acids is 1. The normalized spacial score (nSPS) is 12.0. The average Bonchev–Trinajstić information content (AvgIpc) is 2.36. The van der Waals surface area contributed by atoms with Crippen LogP contribution in [-0.4, -0.2) is 23.1 Å². The fraction of sp³-hybridized carbons (Fsp3) is 0.429. The van der Waals surface area contributed by atoms with Gasteiger partial charge in [-0.3, -0.25) is 0 Å². The molecule has 0 saturated heterocycles. The highest BCUT2D eigenvalue weighted by Crippen LogP contribution is 2.23. The maximum atomic E-state index is 11.8. The molecule has 1 rings (SSSR count). The molecule has 5 nitrogen and oxygen atoms in total. The molecule has 0 aliphatic carbocycles. The van der Waals surface area contributed by atoms with Gasteiger partial charge in [0.2, 0.25) is 0 Å². The zero-order chi connectivity index (χ0) is 16.0. The second-order valence-corrected chi connectivity index (χ2v) is 5.86. The van der Waals surface area contributed by atoms with E-state index in [1.54, 1.807) is 18.2 Å². The van der Waals surface area contributed by atoms with Crippen molar-refractivity contribution in [2.45, 2.75) is 32.9 Å². The molecule has 0 aliphatic rings. The van der Waals surface area contributed by atoms with Crippen LogP contribution >= 0.6 is 23.2 Å². The number of benzene rings is 1. The molecule has 0 spiro atoms. The topological polar surface area (TPSA) is 78.4 Å². The summed E-state index contributed by atoms with van der Waals surface area (Å²) in [5, 5.41) is 14.9. The monoisotopic (exact) mass is 332 g/mol. The number of nitrogens with one attached hydrogen (secondary N) is 2. The molecule has 116 valence electrons. The van der Waals surface area contributed by atoms with E-state index in [-0.39, 0.29) is 12.5 Å². The molecule has 2 amide bonds. The van der Waals surface area contributed by atoms with Crippen molar-refractivity contribution in [3.63, 3.8) is 0 Å². The third-order valence-corrected chi connectivity index (χ3v) is 3.51. The van der Waals surface area contributed by atoms with E-state index in [4.69, 9.17) is 28.3 Å². The minimum atomic E-state index is -1.06. The number of hydrogen-bond acceptors (Lipinski definition) is 2. The van der Waals surface area contributed by atoms with Crippen molar-refractivity contribution in [2.75, 3.05) is 0 Å². The number of carbonyl (C=O) groups is 2. The lowest BCUT2D eigenvalue weighted by atomic mass is 10.0. The van der Waals surface area contributed by atoms with Crippen LogP contribution in [0.1, 0.15) is 25.8 Å². The van der Waals surface area contributed by atoms with Gasteiger partial charge in [0, 0.05) is 22.2 Å². The number of carboxylic acid groups (broad SMARTS) is 1. The second kappa shape index (κ2) is 8.10. The second-order valence-electron chi connectivity index (χ2n) is 5.05. The molecule has 0 bridgehead atoms. The van der Waals surface area contributed by atoms with Crippen LogP contribution in [0.3, 0.4) is 0 Å². The molecule has 1 atom stereocenters. The molecule has 0 heterocycles. The minimum Gasteiger partial charge on any atom is -0.480 e. The van der Waals surface area contributed by atoms with Crippen molar-refractivity contribution in [3.05, 3.63) is 33.8 Å². The Morgan fingerprint density at radius 3 is 2.29 bits per heavy atom. The standard InChI is InChI=1S/C14H18Cl2N2O3/c1-8(2)6-12(13(19)20)18-14(21)17-7-9-10(15)4-3-5-11(9)16/h3-5,8,12H,6-7H2,1-2H3,(H,19,20)(H2,17,18,21). The van der Waals surface area contributed by atoms with Crippen molar-refractivity contribution in [2.24, 2.45) is 5.92 Å². The van der Waals surface area contributed by atoms with Gasteiger partial charge in [-0.2, -0.15) is 0 Å². The molecule has 1 unspecified atom stereocenters. The number of aliphatic carboxylic acids is 1. The van der Waals surface area contributed by atoms with Gasteiger partial charge in [-0.1, -0.05) is 43.1 Å². The molecule has 0 aliphatic heterocycles. The van der Waals surface area contributed by atoms with Gasteiger partial charge in [0.25, 0.3) is 0 Å². The Hall–Kier alpha value is -1.46. The molecular formula is C14H18Cl2N2O3. The number of carboxylic acids is 1. The number of hydrogen-bond donors (Lipinski definition) is 3. The molecule has 21 heavy (non-hydrogen) atoms. The van der Waals surface area contributed by atoms with E-state index in [0.717, 1.165) is 0 Å². The summed E-state index contributed by atoms with van der Waals surface area (Å²) in [4.78, 5) is 22.8. The van der Waals surface area contributed by atoms with E-state index >= 15 is 0 Å². The molecule has 7 heteroatoms. The van der Waals surface area contributed by atoms with Gasteiger partial charge in [0.1, 0.15) is 6.04 Å². The first-order chi connectivity index (χ1) is 9.81. The highest BCUT2D eigenvalue weighted by atomic mass is 35.5. The van der Waals surface area contributed by atoms with Gasteiger partial charge in [0.15, 0.2) is 0 Å². The average molecular weight is 333 g/mol. The predicted octanol–water partition coefficient (Wildman–Crippen LogP) is 3.29. The maximum Gasteiger partial charge on any atom is 0.326 e. The summed E-state index contributed by atoms with van der Waals surface area (Å²) in [5.74, 6) is -0.904. The van der Waals surface area contributed by atoms with Gasteiger partial charge in [0.05, 0.1) is 0 Å². The van der Waals surface area contributed by atoms with Gasteiger partial charge in [-0.05, 0) is 24.5 Å². The first-order valence-corrected chi connectivity index (χ1v) is 7.27. The Balaban J connectivity index is 2.59. The van der Waals surface area contributed by atoms with E-state index in [2.05, 4.69) is 10.6 Å². The minimum absolute atomic E-state index is 0.123. The van der Waals surface area contributed by atoms with Crippen LogP contribution < -0.4 is 10.6 Å². The van der Waals surface area contributed by atoms with Crippen LogP contribution in [-0.2, 0) is 11.3 Å². The van der Waals surface area contributed by atoms with Crippen molar-refractivity contribution in [3.8, 4) is 0 Å². The number of halogens is 2. The van der Waals surface area contributed by atoms with E-state index in [0.29, 0.717) is 22.0 Å². The Labute approximate surface area is 133 Å². The lowest BCUT2D eigenvalue weighted by Gasteiger charge is -2.17. The summed E-state index contributed by atoms with van der Waals surface area (Å²) in [7, 11) is 0. The van der Waals surface area contributed by atoms with E-state index in [9.17, 15) is 9.59 Å². The first-order valence-electron chi connectivity index (χ1n) is 6.51. The molecule has 0 fully saturated rings. The summed E-state index contributed by atoms with van der Waals surface area (Å²) in [6, 6.07) is 3.55. The maximum absolute atomic E-state index is 11.8. The number of urea groups is 1. The predicted molar refractivity (Wildman–Crippen MR) is 82.7 cm³/mol. The van der Waals surface area contributed by atoms with E-state index < -0.39 is 18.0 Å². The molecule has 1 aromatic rings. The fourth-order valence-electron chi connectivity index (χ4n) is 1.77. The van der Waals surface area contributed by atoms with Gasteiger partial charge < -0.3 is 15.7 Å². The Morgan fingerprint density at radius 2 is 1.81 bits per heavy atom. The fourth-order valence-corrected chi connectivity index (χ4v) is 2.30. The Morgan fingerprint density at radius 1 is 1.24 bits per heavy atom. The summed E-state index contributed by atoms with van der Waals surface area (Å²) < 4.78 is 0. The van der Waals surface area contributed by atoms with Crippen LogP contribution in [0.15, 0.2) is 18.2 Å². The molecule has 3 N–H and O–H groups in total. The van der Waals surface area contributed by atoms with E-state index in [1.165, 1.54) is 0 Å². The highest BCUT2D eigenvalue weighted by molar-refractivity contribution is 6.36. The van der Waals surface area contributed by atoms with Crippen molar-refractivity contribution in [1.82, 2.24) is 10.6 Å². The van der Waals surface area contributed by atoms with Crippen molar-refractivity contribution >= 4 is 35.2 Å². The number of rotatable bonds is 6. The summed E-state index contributed by atoms with van der Waals surface area (Å²) >= 11 is 12.0. The zero-order valence-electron chi connectivity index (χ0n) is 11.8. The van der Waals surface area contributed by atoms with Gasteiger partial charge >= 0.3 is 12.0 Å². The quantitative estimate of drug-likeness (QED) is 0.747. The van der Waals surface area contributed by atoms with Crippen molar-refractivity contribution in [1.29, 1.82) is 0 Å². The molecule has 1 aromatic carbocycles. The third kappa shape index (κ3) is 5.81. The van der Waals surface area contributed by atoms with Crippen molar-refractivity contribution < 1.29 is 14.7 Å². The van der Waals surface area contributed by atoms with Gasteiger partial charge in [-0.15, -0.1) is 0 Å². The lowest BCUT2D eigenvalue weighted by Crippen LogP contribution is -2.46. The molecule has 0 radical (unpaired) electrons. The first kappa shape index (κ1) is 17.6. The Kier molecular flexibility index (Phi) is 6.78. The molecular weight excluding hydrogens is 315 g/mol. The van der Waals surface area contributed by atoms with E-state index in [1.807, 2.05) is 13.8 Å². The molecule has 0 aromatic heterocycles. The summed E-state index contributed by atoms with van der Waals surface area (Å²) in [5.41, 5.74) is 0.590. The SMILES string of the molecule is CC(C)CC(NC(=O)NCc1c(Cl)cccc1Cl)C(=O)O. The van der Waals surface area contributed by atoms with Crippen LogP contribution in [0.2, 0.25) is 10.0 Å². The zero-order valence-corrected chi connectivity index (χ0v) is 13.3. The Bertz CT molecular complexity index is 501. The largest absolute Gasteiger partial charge is 0.480 e. The summed E-state index contributed by atoms with van der Waals surface area (Å²) in [6.07, 6.45) is 0.357. The lowest BCUT2D eigenvalue weighted by molar-refractivity contribution is -0.139. The van der Waals surface area contributed by atoms with Crippen LogP contribution in [0.4, 0.5) is 4.79 Å². The van der Waals surface area contributed by atoms with Crippen LogP contribution in [0.25, 0.3) is 0 Å². The van der Waals surface area contributed by atoms with Gasteiger partial charge in [-0.25, -0.2) is 9.59 Å². The smallest absolute Gasteiger partial charge is 0.326 e. The van der Waals surface area contributed by atoms with Crippen LogP contribution in [0, 0.1) is 5.92 Å².